The molecule has 3 aromatic rings. The van der Waals surface area contributed by atoms with Crippen molar-refractivity contribution < 1.29 is 13.9 Å². The molecule has 1 aliphatic rings. The fourth-order valence-electron chi connectivity index (χ4n) is 4.18. The van der Waals surface area contributed by atoms with E-state index in [4.69, 9.17) is 21.1 Å². The number of pyridine rings is 1. The van der Waals surface area contributed by atoms with E-state index < -0.39 is 5.95 Å². The van der Waals surface area contributed by atoms with Crippen molar-refractivity contribution in [3.05, 3.63) is 46.3 Å². The van der Waals surface area contributed by atoms with Crippen LogP contribution in [0.3, 0.4) is 0 Å². The highest BCUT2D eigenvalue weighted by atomic mass is 35.5. The van der Waals surface area contributed by atoms with Gasteiger partial charge in [-0.3, -0.25) is 4.79 Å². The molecule has 0 aliphatic heterocycles. The summed E-state index contributed by atoms with van der Waals surface area (Å²) in [6.45, 7) is 2.18. The summed E-state index contributed by atoms with van der Waals surface area (Å²) in [5.41, 5.74) is 0.914. The van der Waals surface area contributed by atoms with Crippen molar-refractivity contribution in [1.29, 1.82) is 0 Å². The highest BCUT2D eigenvalue weighted by Gasteiger charge is 2.23. The van der Waals surface area contributed by atoms with Gasteiger partial charge < -0.3 is 9.47 Å². The van der Waals surface area contributed by atoms with E-state index in [0.29, 0.717) is 46.1 Å². The highest BCUT2D eigenvalue weighted by molar-refractivity contribution is 6.20. The predicted octanol–water partition coefficient (Wildman–Crippen LogP) is 4.72. The molecule has 0 radical (unpaired) electrons. The number of aryl methyl sites for hydroxylation is 1. The molecule has 0 amide bonds. The number of nitrogens with zero attached hydrogens (tertiary/aromatic N) is 3. The summed E-state index contributed by atoms with van der Waals surface area (Å²) in [6, 6.07) is 6.67. The van der Waals surface area contributed by atoms with Crippen LogP contribution in [-0.4, -0.2) is 34.4 Å². The topological polar surface area (TPSA) is 66.2 Å². The molecule has 0 unspecified atom stereocenters. The van der Waals surface area contributed by atoms with Crippen LogP contribution in [0.5, 0.6) is 11.5 Å². The van der Waals surface area contributed by atoms with E-state index in [0.717, 1.165) is 25.7 Å². The minimum atomic E-state index is -0.628. The third-order valence-corrected chi connectivity index (χ3v) is 6.35. The molecule has 8 heteroatoms. The molecule has 1 saturated carbocycles. The Morgan fingerprint density at radius 3 is 2.35 bits per heavy atom. The second kappa shape index (κ2) is 8.83. The van der Waals surface area contributed by atoms with Crippen molar-refractivity contribution in [2.45, 2.75) is 44.5 Å². The van der Waals surface area contributed by atoms with Gasteiger partial charge in [0.15, 0.2) is 11.5 Å². The lowest BCUT2D eigenvalue weighted by molar-refractivity contribution is 0.306. The lowest BCUT2D eigenvalue weighted by Crippen LogP contribution is -2.29. The maximum atomic E-state index is 14.8. The quantitative estimate of drug-likeness (QED) is 0.420. The first-order valence-corrected chi connectivity index (χ1v) is 10.8. The average molecular weight is 446 g/mol. The van der Waals surface area contributed by atoms with E-state index in [1.165, 1.54) is 18.9 Å². The van der Waals surface area contributed by atoms with Crippen LogP contribution in [0.25, 0.3) is 22.0 Å². The van der Waals surface area contributed by atoms with Gasteiger partial charge in [0.1, 0.15) is 5.69 Å². The maximum Gasteiger partial charge on any atom is 0.274 e. The number of hydrogen-bond acceptors (Lipinski definition) is 5. The van der Waals surface area contributed by atoms with Gasteiger partial charge in [0.2, 0.25) is 5.95 Å². The largest absolute Gasteiger partial charge is 0.493 e. The summed E-state index contributed by atoms with van der Waals surface area (Å²) in [6.07, 6.45) is 3.70. The van der Waals surface area contributed by atoms with E-state index in [1.54, 1.807) is 31.2 Å². The number of methoxy groups -OCH3 is 2. The lowest BCUT2D eigenvalue weighted by Gasteiger charge is -2.25. The minimum Gasteiger partial charge on any atom is -0.493 e. The molecule has 0 atom stereocenters. The van der Waals surface area contributed by atoms with Crippen molar-refractivity contribution in [2.24, 2.45) is 5.92 Å². The smallest absolute Gasteiger partial charge is 0.274 e. The summed E-state index contributed by atoms with van der Waals surface area (Å²) >= 11 is 6.23. The van der Waals surface area contributed by atoms with Gasteiger partial charge in [-0.2, -0.15) is 9.49 Å². The zero-order chi connectivity index (χ0) is 22.1. The summed E-state index contributed by atoms with van der Waals surface area (Å²) in [5, 5.41) is 5.68. The van der Waals surface area contributed by atoms with Crippen molar-refractivity contribution in [3.8, 4) is 22.8 Å². The fourth-order valence-corrected chi connectivity index (χ4v) is 4.44. The van der Waals surface area contributed by atoms with Crippen LogP contribution in [0, 0.1) is 18.8 Å². The molecule has 1 aromatic carbocycles. The number of alkyl halides is 1. The van der Waals surface area contributed by atoms with Crippen LogP contribution in [0.2, 0.25) is 0 Å². The normalized spacial score (nSPS) is 18.9. The maximum absolute atomic E-state index is 14.8. The van der Waals surface area contributed by atoms with E-state index in [2.05, 4.69) is 10.1 Å². The number of ether oxygens (including phenoxy) is 2. The van der Waals surface area contributed by atoms with E-state index in [9.17, 15) is 9.18 Å². The number of fused-ring (bicyclic) bond motifs is 1. The number of benzene rings is 1. The molecule has 2 heterocycles. The Hall–Kier alpha value is -2.67. The van der Waals surface area contributed by atoms with Crippen LogP contribution in [-0.2, 0) is 6.54 Å². The molecular formula is C23H25ClFN3O3. The van der Waals surface area contributed by atoms with Crippen LogP contribution in [0.15, 0.2) is 29.1 Å². The number of halogens is 2. The average Bonchev–Trinajstić information content (AvgIpc) is 2.76. The Balaban J connectivity index is 1.92. The van der Waals surface area contributed by atoms with Crippen molar-refractivity contribution >= 4 is 22.4 Å². The Bertz CT molecular complexity index is 1170. The van der Waals surface area contributed by atoms with Gasteiger partial charge in [0.05, 0.1) is 25.2 Å². The molecule has 31 heavy (non-hydrogen) atoms. The van der Waals surface area contributed by atoms with E-state index in [-0.39, 0.29) is 16.5 Å². The van der Waals surface area contributed by atoms with Gasteiger partial charge in [-0.1, -0.05) is 0 Å². The second-order valence-electron chi connectivity index (χ2n) is 8.00. The molecule has 0 bridgehead atoms. The Morgan fingerprint density at radius 1 is 1.10 bits per heavy atom. The number of aromatic nitrogens is 3. The van der Waals surface area contributed by atoms with Gasteiger partial charge in [-0.25, -0.2) is 9.67 Å². The third-order valence-electron chi connectivity index (χ3n) is 5.91. The minimum absolute atomic E-state index is 0.192. The molecule has 2 aromatic heterocycles. The predicted molar refractivity (Wildman–Crippen MR) is 119 cm³/mol. The molecular weight excluding hydrogens is 421 g/mol. The van der Waals surface area contributed by atoms with Crippen molar-refractivity contribution in [1.82, 2.24) is 14.8 Å². The molecule has 164 valence electrons. The SMILES string of the molecule is COc1cc2c(-c3ccc(C)nc3F)nn(CC3CCC(Cl)CC3)c(=O)c2cc1OC. The van der Waals surface area contributed by atoms with E-state index in [1.807, 2.05) is 0 Å². The van der Waals surface area contributed by atoms with Crippen LogP contribution in [0.4, 0.5) is 4.39 Å². The summed E-state index contributed by atoms with van der Waals surface area (Å²) in [5.74, 6) is 0.542. The first kappa shape index (κ1) is 21.6. The van der Waals surface area contributed by atoms with Gasteiger partial charge in [-0.15, -0.1) is 11.6 Å². The zero-order valence-electron chi connectivity index (χ0n) is 17.8. The molecule has 0 N–H and O–H groups in total. The van der Waals surface area contributed by atoms with Crippen molar-refractivity contribution in [2.75, 3.05) is 14.2 Å². The molecule has 0 spiro atoms. The van der Waals surface area contributed by atoms with Crippen LogP contribution in [0.1, 0.15) is 31.4 Å². The molecule has 1 fully saturated rings. The molecule has 4 rings (SSSR count). The zero-order valence-corrected chi connectivity index (χ0v) is 18.6. The van der Waals surface area contributed by atoms with Gasteiger partial charge in [-0.05, 0) is 62.8 Å². The molecule has 0 saturated heterocycles. The van der Waals surface area contributed by atoms with Crippen molar-refractivity contribution in [3.63, 3.8) is 0 Å². The third kappa shape index (κ3) is 4.24. The first-order chi connectivity index (χ1) is 14.9. The summed E-state index contributed by atoms with van der Waals surface area (Å²) < 4.78 is 27.1. The molecule has 6 nitrogen and oxygen atoms in total. The summed E-state index contributed by atoms with van der Waals surface area (Å²) in [7, 11) is 3.03. The van der Waals surface area contributed by atoms with Gasteiger partial charge in [0, 0.05) is 23.0 Å². The van der Waals surface area contributed by atoms with E-state index >= 15 is 0 Å². The monoisotopic (exact) mass is 445 g/mol. The lowest BCUT2D eigenvalue weighted by atomic mass is 9.89. The number of hydrogen-bond donors (Lipinski definition) is 0. The van der Waals surface area contributed by atoms with Gasteiger partial charge in [0.25, 0.3) is 5.56 Å². The Labute approximate surface area is 185 Å². The summed E-state index contributed by atoms with van der Waals surface area (Å²) in [4.78, 5) is 17.3. The standard InChI is InChI=1S/C23H25ClFN3O3/c1-13-4-9-16(22(25)26-13)21-17-10-19(30-2)20(31-3)11-18(17)23(29)28(27-21)12-14-5-7-15(24)8-6-14/h4,9-11,14-15H,5-8,12H2,1-3H3. The highest BCUT2D eigenvalue weighted by Crippen LogP contribution is 2.36. The first-order valence-electron chi connectivity index (χ1n) is 10.4. The Kier molecular flexibility index (Phi) is 6.14. The Morgan fingerprint density at radius 2 is 1.74 bits per heavy atom. The van der Waals surface area contributed by atoms with Crippen LogP contribution >= 0.6 is 11.6 Å². The fraction of sp³-hybridized carbons (Fsp3) is 0.435. The van der Waals surface area contributed by atoms with Gasteiger partial charge >= 0.3 is 0 Å². The molecule has 1 aliphatic carbocycles. The second-order valence-corrected chi connectivity index (χ2v) is 8.61. The van der Waals surface area contributed by atoms with Crippen LogP contribution < -0.4 is 15.0 Å². The number of rotatable bonds is 5.